The second-order valence-corrected chi connectivity index (χ2v) is 11.5. The third kappa shape index (κ3) is 29.4. The molecular weight excluding hydrogens is 440 g/mol. The summed E-state index contributed by atoms with van der Waals surface area (Å²) >= 11 is 0. The number of rotatable bonds is 30. The SMILES string of the molecule is CCCCCCCC/C=C\CCCC(CCCCCCCCCCCCCCCC)CCCC(=O)O. The van der Waals surface area contributed by atoms with Crippen molar-refractivity contribution in [3.05, 3.63) is 12.2 Å². The van der Waals surface area contributed by atoms with E-state index in [0.29, 0.717) is 6.42 Å². The molecule has 0 aromatic carbocycles. The molecule has 0 spiro atoms. The van der Waals surface area contributed by atoms with Gasteiger partial charge in [0.25, 0.3) is 0 Å². The van der Waals surface area contributed by atoms with Crippen LogP contribution in [-0.4, -0.2) is 11.1 Å². The molecule has 214 valence electrons. The molecule has 0 rings (SSSR count). The van der Waals surface area contributed by atoms with Crippen molar-refractivity contribution in [1.29, 1.82) is 0 Å². The third-order valence-corrected chi connectivity index (χ3v) is 7.84. The van der Waals surface area contributed by atoms with Crippen molar-refractivity contribution in [2.75, 3.05) is 0 Å². The van der Waals surface area contributed by atoms with Crippen molar-refractivity contribution in [2.45, 2.75) is 194 Å². The number of hydrogen-bond acceptors (Lipinski definition) is 1. The zero-order valence-electron chi connectivity index (χ0n) is 24.9. The summed E-state index contributed by atoms with van der Waals surface area (Å²) < 4.78 is 0. The molecule has 0 saturated heterocycles. The minimum absolute atomic E-state index is 0.341. The van der Waals surface area contributed by atoms with Gasteiger partial charge in [-0.25, -0.2) is 0 Å². The van der Waals surface area contributed by atoms with E-state index in [9.17, 15) is 4.79 Å². The van der Waals surface area contributed by atoms with Crippen molar-refractivity contribution in [1.82, 2.24) is 0 Å². The first kappa shape index (κ1) is 35.2. The van der Waals surface area contributed by atoms with E-state index in [1.165, 1.54) is 161 Å². The lowest BCUT2D eigenvalue weighted by Crippen LogP contribution is -2.03. The summed E-state index contributed by atoms with van der Waals surface area (Å²) in [5.41, 5.74) is 0. The van der Waals surface area contributed by atoms with E-state index >= 15 is 0 Å². The number of hydrogen-bond donors (Lipinski definition) is 1. The van der Waals surface area contributed by atoms with E-state index in [2.05, 4.69) is 26.0 Å². The predicted octanol–water partition coefficient (Wildman–Crippen LogP) is 12.2. The number of carbonyl (C=O) groups is 1. The molecule has 0 aliphatic carbocycles. The van der Waals surface area contributed by atoms with Crippen molar-refractivity contribution < 1.29 is 9.90 Å². The van der Waals surface area contributed by atoms with Crippen LogP contribution in [0.3, 0.4) is 0 Å². The molecule has 0 aromatic heterocycles. The molecule has 0 bridgehead atoms. The van der Waals surface area contributed by atoms with Crippen LogP contribution in [0.15, 0.2) is 12.2 Å². The van der Waals surface area contributed by atoms with Gasteiger partial charge in [-0.3, -0.25) is 4.79 Å². The highest BCUT2D eigenvalue weighted by Gasteiger charge is 2.09. The van der Waals surface area contributed by atoms with Crippen LogP contribution >= 0.6 is 0 Å². The molecule has 0 radical (unpaired) electrons. The molecule has 36 heavy (non-hydrogen) atoms. The molecule has 0 aliphatic rings. The summed E-state index contributed by atoms with van der Waals surface area (Å²) in [6, 6.07) is 0. The van der Waals surface area contributed by atoms with Crippen LogP contribution in [0, 0.1) is 5.92 Å². The average molecular weight is 507 g/mol. The van der Waals surface area contributed by atoms with Gasteiger partial charge in [0.1, 0.15) is 0 Å². The maximum absolute atomic E-state index is 10.9. The lowest BCUT2D eigenvalue weighted by molar-refractivity contribution is -0.137. The first-order chi connectivity index (χ1) is 17.7. The maximum Gasteiger partial charge on any atom is 0.303 e. The van der Waals surface area contributed by atoms with Gasteiger partial charge in [-0.2, -0.15) is 0 Å². The first-order valence-electron chi connectivity index (χ1n) is 16.6. The van der Waals surface area contributed by atoms with Crippen LogP contribution in [0.4, 0.5) is 0 Å². The third-order valence-electron chi connectivity index (χ3n) is 7.84. The average Bonchev–Trinajstić information content (AvgIpc) is 2.86. The Balaban J connectivity index is 3.73. The Bertz CT molecular complexity index is 456. The maximum atomic E-state index is 10.9. The van der Waals surface area contributed by atoms with Gasteiger partial charge in [-0.1, -0.05) is 161 Å². The van der Waals surface area contributed by atoms with Crippen LogP contribution in [0.1, 0.15) is 194 Å². The monoisotopic (exact) mass is 507 g/mol. The highest BCUT2D eigenvalue weighted by atomic mass is 16.4. The normalized spacial score (nSPS) is 12.5. The molecular formula is C34H66O2. The van der Waals surface area contributed by atoms with Gasteiger partial charge >= 0.3 is 5.97 Å². The van der Waals surface area contributed by atoms with Crippen LogP contribution in [0.2, 0.25) is 0 Å². The Morgan fingerprint density at radius 2 is 0.861 bits per heavy atom. The summed E-state index contributed by atoms with van der Waals surface area (Å²) in [5.74, 6) is 0.0940. The van der Waals surface area contributed by atoms with E-state index in [-0.39, 0.29) is 0 Å². The van der Waals surface area contributed by atoms with Gasteiger partial charge in [-0.15, -0.1) is 0 Å². The number of carboxylic acid groups (broad SMARTS) is 1. The Morgan fingerprint density at radius 3 is 1.33 bits per heavy atom. The fourth-order valence-electron chi connectivity index (χ4n) is 5.41. The minimum atomic E-state index is -0.636. The molecule has 2 nitrogen and oxygen atoms in total. The molecule has 2 heteroatoms. The molecule has 0 heterocycles. The quantitative estimate of drug-likeness (QED) is 0.0776. The number of aliphatic carboxylic acids is 1. The second-order valence-electron chi connectivity index (χ2n) is 11.5. The van der Waals surface area contributed by atoms with E-state index < -0.39 is 5.97 Å². The zero-order chi connectivity index (χ0) is 26.4. The Morgan fingerprint density at radius 1 is 0.500 bits per heavy atom. The zero-order valence-corrected chi connectivity index (χ0v) is 24.9. The molecule has 0 aromatic rings. The summed E-state index contributed by atoms with van der Waals surface area (Å²) in [7, 11) is 0. The van der Waals surface area contributed by atoms with E-state index in [4.69, 9.17) is 5.11 Å². The van der Waals surface area contributed by atoms with Crippen LogP contribution in [0.5, 0.6) is 0 Å². The minimum Gasteiger partial charge on any atom is -0.481 e. The Labute approximate surface area is 227 Å². The van der Waals surface area contributed by atoms with E-state index in [1.54, 1.807) is 0 Å². The van der Waals surface area contributed by atoms with Gasteiger partial charge in [0.2, 0.25) is 0 Å². The standard InChI is InChI=1S/C34H66O2/c1-3-5-7-9-11-13-15-16-17-19-21-23-25-27-30-33(31-28-32-34(35)36)29-26-24-22-20-18-14-12-10-8-6-4-2/h20,22,33H,3-19,21,23-32H2,1-2H3,(H,35,36)/b22-20-. The highest BCUT2D eigenvalue weighted by molar-refractivity contribution is 5.66. The summed E-state index contributed by atoms with van der Waals surface area (Å²) in [6.07, 6.45) is 41.4. The van der Waals surface area contributed by atoms with Crippen molar-refractivity contribution in [3.63, 3.8) is 0 Å². The Kier molecular flexibility index (Phi) is 29.8. The topological polar surface area (TPSA) is 37.3 Å². The largest absolute Gasteiger partial charge is 0.481 e. The molecule has 1 unspecified atom stereocenters. The number of allylic oxidation sites excluding steroid dienone is 2. The van der Waals surface area contributed by atoms with Gasteiger partial charge in [0.15, 0.2) is 0 Å². The van der Waals surface area contributed by atoms with Gasteiger partial charge < -0.3 is 5.11 Å². The lowest BCUT2D eigenvalue weighted by atomic mass is 9.90. The molecule has 1 atom stereocenters. The van der Waals surface area contributed by atoms with E-state index in [0.717, 1.165) is 18.8 Å². The molecule has 0 fully saturated rings. The van der Waals surface area contributed by atoms with Gasteiger partial charge in [-0.05, 0) is 44.4 Å². The van der Waals surface area contributed by atoms with Gasteiger partial charge in [0, 0.05) is 6.42 Å². The predicted molar refractivity (Wildman–Crippen MR) is 161 cm³/mol. The number of carboxylic acids is 1. The summed E-state index contributed by atoms with van der Waals surface area (Å²) in [5, 5.41) is 9.00. The summed E-state index contributed by atoms with van der Waals surface area (Å²) in [4.78, 5) is 10.9. The molecule has 0 saturated carbocycles. The number of unbranched alkanes of at least 4 members (excludes halogenated alkanes) is 20. The van der Waals surface area contributed by atoms with Crippen LogP contribution in [0.25, 0.3) is 0 Å². The summed E-state index contributed by atoms with van der Waals surface area (Å²) in [6.45, 7) is 4.57. The van der Waals surface area contributed by atoms with Crippen molar-refractivity contribution in [2.24, 2.45) is 5.92 Å². The highest BCUT2D eigenvalue weighted by Crippen LogP contribution is 2.23. The first-order valence-corrected chi connectivity index (χ1v) is 16.6. The smallest absolute Gasteiger partial charge is 0.303 e. The second kappa shape index (κ2) is 30.4. The lowest BCUT2D eigenvalue weighted by Gasteiger charge is -2.16. The van der Waals surface area contributed by atoms with Crippen LogP contribution in [-0.2, 0) is 4.79 Å². The van der Waals surface area contributed by atoms with Crippen molar-refractivity contribution >= 4 is 5.97 Å². The van der Waals surface area contributed by atoms with Crippen molar-refractivity contribution in [3.8, 4) is 0 Å². The fraction of sp³-hybridized carbons (Fsp3) is 0.912. The van der Waals surface area contributed by atoms with Gasteiger partial charge in [0.05, 0.1) is 0 Å². The molecule has 0 amide bonds. The van der Waals surface area contributed by atoms with E-state index in [1.807, 2.05) is 0 Å². The fourth-order valence-corrected chi connectivity index (χ4v) is 5.41. The Hall–Kier alpha value is -0.790. The molecule has 0 aliphatic heterocycles. The molecule has 1 N–H and O–H groups in total. The van der Waals surface area contributed by atoms with Crippen LogP contribution < -0.4 is 0 Å².